The Bertz CT molecular complexity index is 1520. The van der Waals surface area contributed by atoms with Crippen LogP contribution in [0, 0.1) is 6.92 Å². The van der Waals surface area contributed by atoms with Gasteiger partial charge in [0.25, 0.3) is 0 Å². The molecular weight excluding hydrogens is 550 g/mol. The average molecular weight is 586 g/mol. The first-order chi connectivity index (χ1) is 19.1. The quantitative estimate of drug-likeness (QED) is 0.356. The van der Waals surface area contributed by atoms with Crippen LogP contribution in [0.1, 0.15) is 36.0 Å². The summed E-state index contributed by atoms with van der Waals surface area (Å²) in [7, 11) is -6.28. The van der Waals surface area contributed by atoms with Crippen molar-refractivity contribution in [3.8, 4) is 5.75 Å². The van der Waals surface area contributed by atoms with Gasteiger partial charge in [0.15, 0.2) is 0 Å². The van der Waals surface area contributed by atoms with Gasteiger partial charge in [0.1, 0.15) is 16.7 Å². The van der Waals surface area contributed by atoms with Gasteiger partial charge in [-0.05, 0) is 67.1 Å². The monoisotopic (exact) mass is 585 g/mol. The Labute approximate surface area is 236 Å². The molecule has 0 bridgehead atoms. The number of carbonyl (C=O) groups excluding carboxylic acids is 1. The van der Waals surface area contributed by atoms with Crippen molar-refractivity contribution in [1.82, 2.24) is 14.3 Å². The molecule has 1 amide bonds. The molecule has 214 valence electrons. The first-order valence-corrected chi connectivity index (χ1v) is 16.1. The van der Waals surface area contributed by atoms with Crippen molar-refractivity contribution in [2.45, 2.75) is 55.0 Å². The van der Waals surface area contributed by atoms with Crippen molar-refractivity contribution >= 4 is 26.0 Å². The minimum absolute atomic E-state index is 0.0497. The highest BCUT2D eigenvalue weighted by molar-refractivity contribution is 7.89. The van der Waals surface area contributed by atoms with Crippen LogP contribution in [0.15, 0.2) is 82.6 Å². The first-order valence-electron chi connectivity index (χ1n) is 13.2. The SMILES string of the molecule is COc1ccc(C)cc1S(=O)(=O)N[C@@H](Cc1ccccc1)C(=O)NCc1ccc(S(=O)(=O)N2CCCCC2)cc1. The number of aryl methyl sites for hydroxylation is 1. The number of nitrogens with zero attached hydrogens (tertiary/aromatic N) is 1. The number of hydrogen-bond acceptors (Lipinski definition) is 6. The lowest BCUT2D eigenvalue weighted by atomic mass is 10.1. The second-order valence-corrected chi connectivity index (χ2v) is 13.5. The molecule has 0 saturated carbocycles. The van der Waals surface area contributed by atoms with Gasteiger partial charge in [-0.15, -0.1) is 0 Å². The number of amides is 1. The number of ether oxygens (including phenoxy) is 1. The largest absolute Gasteiger partial charge is 0.495 e. The zero-order valence-corrected chi connectivity index (χ0v) is 24.3. The van der Waals surface area contributed by atoms with Crippen LogP contribution in [0.3, 0.4) is 0 Å². The minimum Gasteiger partial charge on any atom is -0.495 e. The van der Waals surface area contributed by atoms with E-state index in [0.29, 0.717) is 18.7 Å². The predicted octanol–water partition coefficient (Wildman–Crippen LogP) is 3.38. The fourth-order valence-electron chi connectivity index (χ4n) is 4.63. The van der Waals surface area contributed by atoms with Gasteiger partial charge >= 0.3 is 0 Å². The van der Waals surface area contributed by atoms with Gasteiger partial charge in [0.05, 0.1) is 12.0 Å². The lowest BCUT2D eigenvalue weighted by molar-refractivity contribution is -0.122. The molecule has 11 heteroatoms. The van der Waals surface area contributed by atoms with E-state index in [1.165, 1.54) is 17.5 Å². The van der Waals surface area contributed by atoms with E-state index < -0.39 is 32.0 Å². The summed E-state index contributed by atoms with van der Waals surface area (Å²) in [6.45, 7) is 2.92. The maximum absolute atomic E-state index is 13.4. The molecule has 1 atom stereocenters. The van der Waals surface area contributed by atoms with Gasteiger partial charge in [0, 0.05) is 19.6 Å². The van der Waals surface area contributed by atoms with E-state index >= 15 is 0 Å². The van der Waals surface area contributed by atoms with Gasteiger partial charge in [-0.2, -0.15) is 9.03 Å². The molecular formula is C29H35N3O6S2. The molecule has 1 fully saturated rings. The van der Waals surface area contributed by atoms with Crippen LogP contribution >= 0.6 is 0 Å². The third-order valence-corrected chi connectivity index (χ3v) is 10.3. The van der Waals surface area contributed by atoms with Crippen LogP contribution in [-0.4, -0.2) is 53.3 Å². The summed E-state index contributed by atoms with van der Waals surface area (Å²) < 4.78 is 61.9. The van der Waals surface area contributed by atoms with Crippen molar-refractivity contribution in [1.29, 1.82) is 0 Å². The molecule has 3 aromatic carbocycles. The number of benzene rings is 3. The van der Waals surface area contributed by atoms with Gasteiger partial charge in [-0.1, -0.05) is 55.0 Å². The maximum Gasteiger partial charge on any atom is 0.244 e. The molecule has 0 unspecified atom stereocenters. The highest BCUT2D eigenvalue weighted by atomic mass is 32.2. The van der Waals surface area contributed by atoms with Crippen LogP contribution in [0.25, 0.3) is 0 Å². The summed E-state index contributed by atoms with van der Waals surface area (Å²) in [6, 6.07) is 19.2. The first kappa shape index (κ1) is 29.7. The standard InChI is InChI=1S/C29H35N3O6S2/c1-22-11-16-27(38-2)28(19-22)39(34,35)31-26(20-23-9-5-3-6-10-23)29(33)30-21-24-12-14-25(15-13-24)40(36,37)32-17-7-4-8-18-32/h3,5-6,9-16,19,26,31H,4,7-8,17-18,20-21H2,1-2H3,(H,30,33)/t26-/m0/s1. The van der Waals surface area contributed by atoms with Crippen molar-refractivity contribution in [2.24, 2.45) is 0 Å². The Morgan fingerprint density at radius 3 is 2.23 bits per heavy atom. The molecule has 0 radical (unpaired) electrons. The molecule has 0 spiro atoms. The summed E-state index contributed by atoms with van der Waals surface area (Å²) in [4.78, 5) is 13.5. The highest BCUT2D eigenvalue weighted by Gasteiger charge is 2.29. The Morgan fingerprint density at radius 2 is 1.57 bits per heavy atom. The third-order valence-electron chi connectivity index (χ3n) is 6.85. The number of carbonyl (C=O) groups is 1. The number of nitrogens with one attached hydrogen (secondary N) is 2. The zero-order chi connectivity index (χ0) is 28.8. The predicted molar refractivity (Wildman–Crippen MR) is 153 cm³/mol. The second-order valence-electron chi connectivity index (χ2n) is 9.84. The van der Waals surface area contributed by atoms with Crippen LogP contribution < -0.4 is 14.8 Å². The van der Waals surface area contributed by atoms with E-state index in [0.717, 1.165) is 30.4 Å². The smallest absolute Gasteiger partial charge is 0.244 e. The molecule has 2 N–H and O–H groups in total. The van der Waals surface area contributed by atoms with Crippen molar-refractivity contribution in [3.63, 3.8) is 0 Å². The third kappa shape index (κ3) is 7.28. The van der Waals surface area contributed by atoms with E-state index in [1.54, 1.807) is 43.3 Å². The van der Waals surface area contributed by atoms with Crippen LogP contribution in [-0.2, 0) is 37.8 Å². The lowest BCUT2D eigenvalue weighted by Gasteiger charge is -2.25. The minimum atomic E-state index is -4.11. The van der Waals surface area contributed by atoms with E-state index in [2.05, 4.69) is 10.0 Å². The summed E-state index contributed by atoms with van der Waals surface area (Å²) in [5.74, 6) is -0.333. The molecule has 0 aliphatic carbocycles. The molecule has 4 rings (SSSR count). The maximum atomic E-state index is 13.4. The fourth-order valence-corrected chi connectivity index (χ4v) is 7.59. The summed E-state index contributed by atoms with van der Waals surface area (Å²) in [6.07, 6.45) is 2.87. The van der Waals surface area contributed by atoms with Gasteiger partial charge in [-0.25, -0.2) is 16.8 Å². The molecule has 1 heterocycles. The number of hydrogen-bond donors (Lipinski definition) is 2. The van der Waals surface area contributed by atoms with E-state index in [9.17, 15) is 21.6 Å². The van der Waals surface area contributed by atoms with Crippen LogP contribution in [0.4, 0.5) is 0 Å². The Kier molecular flexibility index (Phi) is 9.62. The molecule has 1 saturated heterocycles. The van der Waals surface area contributed by atoms with E-state index in [-0.39, 0.29) is 28.5 Å². The summed E-state index contributed by atoms with van der Waals surface area (Å²) in [5.41, 5.74) is 2.21. The molecule has 40 heavy (non-hydrogen) atoms. The Morgan fingerprint density at radius 1 is 0.900 bits per heavy atom. The number of methoxy groups -OCH3 is 1. The lowest BCUT2D eigenvalue weighted by Crippen LogP contribution is -2.47. The van der Waals surface area contributed by atoms with Gasteiger partial charge in [0.2, 0.25) is 26.0 Å². The zero-order valence-electron chi connectivity index (χ0n) is 22.7. The molecule has 9 nitrogen and oxygen atoms in total. The second kappa shape index (κ2) is 12.9. The van der Waals surface area contributed by atoms with Crippen LogP contribution in [0.5, 0.6) is 5.75 Å². The van der Waals surface area contributed by atoms with E-state index in [4.69, 9.17) is 4.74 Å². The van der Waals surface area contributed by atoms with Crippen LogP contribution in [0.2, 0.25) is 0 Å². The summed E-state index contributed by atoms with van der Waals surface area (Å²) >= 11 is 0. The Balaban J connectivity index is 1.49. The van der Waals surface area contributed by atoms with Gasteiger partial charge in [-0.3, -0.25) is 4.79 Å². The Hall–Kier alpha value is -3.25. The van der Waals surface area contributed by atoms with Crippen molar-refractivity contribution < 1.29 is 26.4 Å². The summed E-state index contributed by atoms with van der Waals surface area (Å²) in [5, 5.41) is 2.80. The van der Waals surface area contributed by atoms with Crippen molar-refractivity contribution in [2.75, 3.05) is 20.2 Å². The normalized spacial score (nSPS) is 15.3. The molecule has 1 aliphatic heterocycles. The number of piperidine rings is 1. The fraction of sp³-hybridized carbons (Fsp3) is 0.345. The highest BCUT2D eigenvalue weighted by Crippen LogP contribution is 2.25. The number of sulfonamides is 2. The topological polar surface area (TPSA) is 122 Å². The molecule has 1 aliphatic rings. The van der Waals surface area contributed by atoms with E-state index in [1.807, 2.05) is 30.3 Å². The average Bonchev–Trinajstić information content (AvgIpc) is 2.96. The molecule has 3 aromatic rings. The van der Waals surface area contributed by atoms with Gasteiger partial charge < -0.3 is 10.1 Å². The van der Waals surface area contributed by atoms with Crippen molar-refractivity contribution in [3.05, 3.63) is 89.5 Å². The molecule has 0 aromatic heterocycles. The number of rotatable bonds is 11.